The maximum Gasteiger partial charge on any atom is 0.159 e. The largest absolute Gasteiger partial charge is 0.357 e. The van der Waals surface area contributed by atoms with Gasteiger partial charge in [0.05, 0.1) is 0 Å². The molecular weight excluding hydrogens is 212 g/mol. The van der Waals surface area contributed by atoms with Crippen molar-refractivity contribution in [2.45, 2.75) is 26.3 Å². The van der Waals surface area contributed by atoms with Gasteiger partial charge in [-0.15, -0.1) is 0 Å². The lowest BCUT2D eigenvalue weighted by Crippen LogP contribution is -2.27. The fourth-order valence-corrected chi connectivity index (χ4v) is 2.64. The van der Waals surface area contributed by atoms with E-state index in [1.54, 1.807) is 6.92 Å². The van der Waals surface area contributed by atoms with Gasteiger partial charge in [-0.3, -0.25) is 4.79 Å². The number of hydrogen-bond donors (Lipinski definition) is 2. The molecule has 0 radical (unpaired) electrons. The number of aromatic amines is 1. The van der Waals surface area contributed by atoms with Gasteiger partial charge in [-0.05, 0) is 50.6 Å². The van der Waals surface area contributed by atoms with E-state index >= 15 is 0 Å². The summed E-state index contributed by atoms with van der Waals surface area (Å²) in [5.74, 6) is 0.129. The summed E-state index contributed by atoms with van der Waals surface area (Å²) < 4.78 is 0. The van der Waals surface area contributed by atoms with Crippen molar-refractivity contribution in [2.24, 2.45) is 0 Å². The fourth-order valence-electron chi connectivity index (χ4n) is 2.64. The van der Waals surface area contributed by atoms with Gasteiger partial charge in [0, 0.05) is 28.2 Å². The molecule has 0 aliphatic carbocycles. The third-order valence-electron chi connectivity index (χ3n) is 3.60. The average Bonchev–Trinajstić information content (AvgIpc) is 2.68. The van der Waals surface area contributed by atoms with Crippen molar-refractivity contribution in [3.8, 4) is 0 Å². The first-order chi connectivity index (χ1) is 8.16. The Morgan fingerprint density at radius 3 is 3.00 bits per heavy atom. The van der Waals surface area contributed by atoms with E-state index in [0.29, 0.717) is 6.04 Å². The first-order valence-electron chi connectivity index (χ1n) is 6.05. The Hall–Kier alpha value is -1.61. The fraction of sp³-hybridized carbons (Fsp3) is 0.357. The number of hydrogen-bond acceptors (Lipinski definition) is 2. The van der Waals surface area contributed by atoms with Crippen LogP contribution in [0.15, 0.2) is 18.2 Å². The molecule has 1 atom stereocenters. The second-order valence-electron chi connectivity index (χ2n) is 4.76. The molecule has 0 spiro atoms. The average molecular weight is 228 g/mol. The lowest BCUT2D eigenvalue weighted by molar-refractivity contribution is 0.101. The van der Waals surface area contributed by atoms with E-state index in [0.717, 1.165) is 24.0 Å². The van der Waals surface area contributed by atoms with Crippen molar-refractivity contribution in [1.82, 2.24) is 10.3 Å². The standard InChI is InChI=1S/C14H16N2O/c1-8-14-11(5-6-15-8)12-7-10(9(2)17)3-4-13(12)16-14/h3-4,7-8,15-16H,5-6H2,1-2H3/t8-/m1/s1. The smallest absolute Gasteiger partial charge is 0.159 e. The van der Waals surface area contributed by atoms with E-state index in [1.807, 2.05) is 18.2 Å². The molecule has 1 aliphatic heterocycles. The van der Waals surface area contributed by atoms with Gasteiger partial charge in [0.25, 0.3) is 0 Å². The Labute approximate surface area is 100 Å². The summed E-state index contributed by atoms with van der Waals surface area (Å²) in [7, 11) is 0. The maximum absolute atomic E-state index is 11.4. The summed E-state index contributed by atoms with van der Waals surface area (Å²) in [4.78, 5) is 14.9. The van der Waals surface area contributed by atoms with Gasteiger partial charge in [0.1, 0.15) is 0 Å². The molecule has 1 aromatic heterocycles. The molecule has 3 heteroatoms. The molecule has 88 valence electrons. The van der Waals surface area contributed by atoms with Gasteiger partial charge in [0.2, 0.25) is 0 Å². The van der Waals surface area contributed by atoms with E-state index < -0.39 is 0 Å². The van der Waals surface area contributed by atoms with E-state index in [1.165, 1.54) is 16.6 Å². The molecule has 17 heavy (non-hydrogen) atoms. The first kappa shape index (κ1) is 10.5. The van der Waals surface area contributed by atoms with E-state index in [2.05, 4.69) is 17.2 Å². The summed E-state index contributed by atoms with van der Waals surface area (Å²) in [6.07, 6.45) is 1.03. The molecule has 1 aromatic carbocycles. The molecule has 0 saturated heterocycles. The second-order valence-corrected chi connectivity index (χ2v) is 4.76. The number of carbonyl (C=O) groups is 1. The molecule has 0 fully saturated rings. The number of H-pyrrole nitrogens is 1. The highest BCUT2D eigenvalue weighted by Crippen LogP contribution is 2.30. The van der Waals surface area contributed by atoms with Crippen LogP contribution in [0.1, 0.15) is 41.5 Å². The number of benzene rings is 1. The lowest BCUT2D eigenvalue weighted by Gasteiger charge is -2.20. The lowest BCUT2D eigenvalue weighted by atomic mass is 9.99. The van der Waals surface area contributed by atoms with Gasteiger partial charge < -0.3 is 10.3 Å². The van der Waals surface area contributed by atoms with Crippen molar-refractivity contribution in [3.05, 3.63) is 35.0 Å². The van der Waals surface area contributed by atoms with Crippen LogP contribution < -0.4 is 5.32 Å². The van der Waals surface area contributed by atoms with Gasteiger partial charge in [-0.1, -0.05) is 0 Å². The summed E-state index contributed by atoms with van der Waals surface area (Å²) in [5.41, 5.74) is 4.57. The third kappa shape index (κ3) is 1.58. The predicted molar refractivity (Wildman–Crippen MR) is 68.4 cm³/mol. The van der Waals surface area contributed by atoms with Crippen molar-refractivity contribution in [2.75, 3.05) is 6.54 Å². The highest BCUT2D eigenvalue weighted by Gasteiger charge is 2.20. The number of nitrogens with one attached hydrogen (secondary N) is 2. The van der Waals surface area contributed by atoms with E-state index in [9.17, 15) is 4.79 Å². The third-order valence-corrected chi connectivity index (χ3v) is 3.60. The van der Waals surface area contributed by atoms with E-state index in [-0.39, 0.29) is 5.78 Å². The zero-order valence-electron chi connectivity index (χ0n) is 10.1. The minimum Gasteiger partial charge on any atom is -0.357 e. The number of carbonyl (C=O) groups excluding carboxylic acids is 1. The van der Waals surface area contributed by atoms with Gasteiger partial charge in [0.15, 0.2) is 5.78 Å². The monoisotopic (exact) mass is 228 g/mol. The molecule has 3 nitrogen and oxygen atoms in total. The summed E-state index contributed by atoms with van der Waals surface area (Å²) in [5, 5.41) is 4.65. The van der Waals surface area contributed by atoms with Gasteiger partial charge in [-0.2, -0.15) is 0 Å². The van der Waals surface area contributed by atoms with Crippen LogP contribution in [0.2, 0.25) is 0 Å². The molecule has 2 aromatic rings. The second kappa shape index (κ2) is 3.70. The molecule has 2 N–H and O–H groups in total. The molecule has 1 aliphatic rings. The topological polar surface area (TPSA) is 44.9 Å². The molecule has 2 heterocycles. The minimum absolute atomic E-state index is 0.129. The van der Waals surface area contributed by atoms with Gasteiger partial charge >= 0.3 is 0 Å². The van der Waals surface area contributed by atoms with Gasteiger partial charge in [-0.25, -0.2) is 0 Å². The number of Topliss-reactive ketones (excluding diaryl/α,β-unsaturated/α-hetero) is 1. The number of ketones is 1. The highest BCUT2D eigenvalue weighted by molar-refractivity contribution is 5.99. The normalized spacial score (nSPS) is 19.3. The zero-order valence-corrected chi connectivity index (χ0v) is 10.1. The molecule has 3 rings (SSSR count). The number of fused-ring (bicyclic) bond motifs is 3. The highest BCUT2D eigenvalue weighted by atomic mass is 16.1. The predicted octanol–water partition coefficient (Wildman–Crippen LogP) is 2.58. The van der Waals surface area contributed by atoms with Crippen molar-refractivity contribution in [1.29, 1.82) is 0 Å². The van der Waals surface area contributed by atoms with Crippen LogP contribution in [0.5, 0.6) is 0 Å². The minimum atomic E-state index is 0.129. The summed E-state index contributed by atoms with van der Waals surface area (Å²) >= 11 is 0. The van der Waals surface area contributed by atoms with Crippen LogP contribution in [0.4, 0.5) is 0 Å². The van der Waals surface area contributed by atoms with Crippen LogP contribution >= 0.6 is 0 Å². The van der Waals surface area contributed by atoms with Crippen LogP contribution in [-0.4, -0.2) is 17.3 Å². The Morgan fingerprint density at radius 2 is 2.24 bits per heavy atom. The van der Waals surface area contributed by atoms with Crippen molar-refractivity contribution >= 4 is 16.7 Å². The number of aromatic nitrogens is 1. The molecular formula is C14H16N2O. The molecule has 0 saturated carbocycles. The SMILES string of the molecule is CC(=O)c1ccc2[nH]c3c(c2c1)CCN[C@@H]3C. The molecule has 0 unspecified atom stereocenters. The van der Waals surface area contributed by atoms with Crippen molar-refractivity contribution in [3.63, 3.8) is 0 Å². The zero-order chi connectivity index (χ0) is 12.0. The van der Waals surface area contributed by atoms with Crippen LogP contribution in [-0.2, 0) is 6.42 Å². The van der Waals surface area contributed by atoms with Crippen LogP contribution in [0.25, 0.3) is 10.9 Å². The quantitative estimate of drug-likeness (QED) is 0.737. The summed E-state index contributed by atoms with van der Waals surface area (Å²) in [6.45, 7) is 4.79. The molecule has 0 amide bonds. The molecule has 0 bridgehead atoms. The maximum atomic E-state index is 11.4. The Balaban J connectivity index is 2.25. The van der Waals surface area contributed by atoms with Crippen LogP contribution in [0.3, 0.4) is 0 Å². The summed E-state index contributed by atoms with van der Waals surface area (Å²) in [6, 6.07) is 6.29. The Kier molecular flexibility index (Phi) is 2.30. The first-order valence-corrected chi connectivity index (χ1v) is 6.05. The van der Waals surface area contributed by atoms with Crippen molar-refractivity contribution < 1.29 is 4.79 Å². The Bertz CT molecular complexity index is 598. The Morgan fingerprint density at radius 1 is 1.41 bits per heavy atom. The van der Waals surface area contributed by atoms with E-state index in [4.69, 9.17) is 0 Å². The number of rotatable bonds is 1. The van der Waals surface area contributed by atoms with Crippen LogP contribution in [0, 0.1) is 0 Å².